The third-order valence-electron chi connectivity index (χ3n) is 2.90. The maximum Gasteiger partial charge on any atom is 0.165 e. The van der Waals surface area contributed by atoms with Crippen LogP contribution in [-0.2, 0) is 0 Å². The van der Waals surface area contributed by atoms with E-state index in [1.807, 2.05) is 11.8 Å². The summed E-state index contributed by atoms with van der Waals surface area (Å²) in [5, 5.41) is 3.44. The number of benzene rings is 1. The van der Waals surface area contributed by atoms with Gasteiger partial charge in [0.05, 0.1) is 7.11 Å². The molecule has 0 heterocycles. The minimum absolute atomic E-state index is 0.216. The fourth-order valence-electron chi connectivity index (χ4n) is 1.75. The minimum Gasteiger partial charge on any atom is -0.494 e. The van der Waals surface area contributed by atoms with E-state index < -0.39 is 0 Å². The average Bonchev–Trinajstić information content (AvgIpc) is 2.38. The van der Waals surface area contributed by atoms with Crippen LogP contribution >= 0.6 is 11.8 Å². The molecule has 0 aliphatic heterocycles. The number of nitrogens with one attached hydrogen (secondary N) is 1. The Bertz CT molecular complexity index is 360. The molecular formula is C14H22FNOS. The summed E-state index contributed by atoms with van der Waals surface area (Å²) in [5.74, 6) is 1.21. The lowest BCUT2D eigenvalue weighted by Gasteiger charge is -2.15. The van der Waals surface area contributed by atoms with Gasteiger partial charge in [0.15, 0.2) is 11.6 Å². The van der Waals surface area contributed by atoms with Gasteiger partial charge in [0, 0.05) is 6.04 Å². The molecule has 1 aromatic rings. The molecule has 0 spiro atoms. The molecule has 1 N–H and O–H groups in total. The monoisotopic (exact) mass is 271 g/mol. The first-order valence-corrected chi connectivity index (χ1v) is 7.64. The predicted octanol–water partition coefficient (Wildman–Crippen LogP) is 3.63. The standard InChI is InChI=1S/C14H22FNOS/c1-11(16-8-4-5-9-18-3)12-6-7-13(15)14(10-12)17-2/h6-7,10-11,16H,4-5,8-9H2,1-3H3. The van der Waals surface area contributed by atoms with Crippen LogP contribution in [0.15, 0.2) is 18.2 Å². The number of hydrogen-bond acceptors (Lipinski definition) is 3. The molecule has 0 saturated heterocycles. The second kappa shape index (κ2) is 8.38. The third-order valence-corrected chi connectivity index (χ3v) is 3.60. The van der Waals surface area contributed by atoms with E-state index in [0.717, 1.165) is 12.1 Å². The first-order valence-electron chi connectivity index (χ1n) is 6.24. The number of hydrogen-bond donors (Lipinski definition) is 1. The summed E-state index contributed by atoms with van der Waals surface area (Å²) in [4.78, 5) is 0. The molecule has 2 nitrogen and oxygen atoms in total. The first kappa shape index (κ1) is 15.3. The van der Waals surface area contributed by atoms with Crippen LogP contribution in [0.4, 0.5) is 4.39 Å². The Morgan fingerprint density at radius 2 is 2.17 bits per heavy atom. The number of halogens is 1. The highest BCUT2D eigenvalue weighted by Crippen LogP contribution is 2.22. The minimum atomic E-state index is -0.312. The van der Waals surface area contributed by atoms with Crippen LogP contribution in [-0.4, -0.2) is 25.7 Å². The van der Waals surface area contributed by atoms with Crippen molar-refractivity contribution in [2.45, 2.75) is 25.8 Å². The summed E-state index contributed by atoms with van der Waals surface area (Å²) in [6.45, 7) is 3.07. The van der Waals surface area contributed by atoms with Crippen molar-refractivity contribution in [1.29, 1.82) is 0 Å². The summed E-state index contributed by atoms with van der Waals surface area (Å²) in [7, 11) is 1.49. The Hall–Kier alpha value is -0.740. The number of thioether (sulfide) groups is 1. The molecule has 0 aliphatic rings. The molecule has 0 aromatic heterocycles. The Labute approximate surface area is 113 Å². The summed E-state index contributed by atoms with van der Waals surface area (Å²) < 4.78 is 18.3. The van der Waals surface area contributed by atoms with Gasteiger partial charge in [0.1, 0.15) is 0 Å². The maximum absolute atomic E-state index is 13.3. The summed E-state index contributed by atoms with van der Waals surface area (Å²) in [6, 6.07) is 5.24. The fraction of sp³-hybridized carbons (Fsp3) is 0.571. The van der Waals surface area contributed by atoms with Gasteiger partial charge in [-0.05, 0) is 56.0 Å². The van der Waals surface area contributed by atoms with Crippen molar-refractivity contribution in [2.24, 2.45) is 0 Å². The van der Waals surface area contributed by atoms with Crippen LogP contribution in [0.2, 0.25) is 0 Å². The Kier molecular flexibility index (Phi) is 7.13. The van der Waals surface area contributed by atoms with Crippen molar-refractivity contribution < 1.29 is 9.13 Å². The van der Waals surface area contributed by atoms with Gasteiger partial charge < -0.3 is 10.1 Å². The van der Waals surface area contributed by atoms with E-state index in [0.29, 0.717) is 5.75 Å². The molecular weight excluding hydrogens is 249 g/mol. The molecule has 0 saturated carbocycles. The van der Waals surface area contributed by atoms with Gasteiger partial charge in [0.2, 0.25) is 0 Å². The van der Waals surface area contributed by atoms with Gasteiger partial charge in [-0.15, -0.1) is 0 Å². The molecule has 1 rings (SSSR count). The zero-order valence-corrected chi connectivity index (χ0v) is 12.1. The lowest BCUT2D eigenvalue weighted by Crippen LogP contribution is -2.20. The van der Waals surface area contributed by atoms with Crippen LogP contribution in [0, 0.1) is 5.82 Å². The second-order valence-corrected chi connectivity index (χ2v) is 5.26. The Morgan fingerprint density at radius 3 is 2.83 bits per heavy atom. The van der Waals surface area contributed by atoms with Crippen LogP contribution in [0.3, 0.4) is 0 Å². The van der Waals surface area contributed by atoms with E-state index in [1.54, 1.807) is 12.1 Å². The SMILES string of the molecule is COc1cc(C(C)NCCCCSC)ccc1F. The zero-order valence-electron chi connectivity index (χ0n) is 11.3. The van der Waals surface area contributed by atoms with E-state index in [2.05, 4.69) is 18.5 Å². The molecule has 1 atom stereocenters. The highest BCUT2D eigenvalue weighted by Gasteiger charge is 2.08. The molecule has 0 bridgehead atoms. The van der Waals surface area contributed by atoms with Gasteiger partial charge in [-0.2, -0.15) is 11.8 Å². The number of methoxy groups -OCH3 is 1. The fourth-order valence-corrected chi connectivity index (χ4v) is 2.25. The van der Waals surface area contributed by atoms with Gasteiger partial charge in [-0.3, -0.25) is 0 Å². The summed E-state index contributed by atoms with van der Waals surface area (Å²) in [6.07, 6.45) is 4.53. The quantitative estimate of drug-likeness (QED) is 0.730. The molecule has 1 aromatic carbocycles. The van der Waals surface area contributed by atoms with Crippen molar-refractivity contribution >= 4 is 11.8 Å². The lowest BCUT2D eigenvalue weighted by molar-refractivity contribution is 0.385. The number of unbranched alkanes of at least 4 members (excludes halogenated alkanes) is 1. The van der Waals surface area contributed by atoms with E-state index in [1.165, 1.54) is 31.8 Å². The highest BCUT2D eigenvalue weighted by atomic mass is 32.2. The largest absolute Gasteiger partial charge is 0.494 e. The van der Waals surface area contributed by atoms with Crippen LogP contribution < -0.4 is 10.1 Å². The maximum atomic E-state index is 13.3. The van der Waals surface area contributed by atoms with Gasteiger partial charge in [-0.25, -0.2) is 4.39 Å². The van der Waals surface area contributed by atoms with Crippen molar-refractivity contribution in [1.82, 2.24) is 5.32 Å². The summed E-state index contributed by atoms with van der Waals surface area (Å²) in [5.41, 5.74) is 1.05. The van der Waals surface area contributed by atoms with E-state index >= 15 is 0 Å². The van der Waals surface area contributed by atoms with Gasteiger partial charge in [-0.1, -0.05) is 6.07 Å². The van der Waals surface area contributed by atoms with E-state index in [-0.39, 0.29) is 11.9 Å². The van der Waals surface area contributed by atoms with Gasteiger partial charge >= 0.3 is 0 Å². The molecule has 4 heteroatoms. The number of ether oxygens (including phenoxy) is 1. The zero-order chi connectivity index (χ0) is 13.4. The van der Waals surface area contributed by atoms with Crippen LogP contribution in [0.5, 0.6) is 5.75 Å². The van der Waals surface area contributed by atoms with Gasteiger partial charge in [0.25, 0.3) is 0 Å². The molecule has 102 valence electrons. The van der Waals surface area contributed by atoms with Crippen molar-refractivity contribution in [2.75, 3.05) is 25.7 Å². The molecule has 0 amide bonds. The molecule has 18 heavy (non-hydrogen) atoms. The smallest absolute Gasteiger partial charge is 0.165 e. The van der Waals surface area contributed by atoms with Crippen molar-refractivity contribution in [3.8, 4) is 5.75 Å². The molecule has 0 aliphatic carbocycles. The van der Waals surface area contributed by atoms with E-state index in [4.69, 9.17) is 4.74 Å². The highest BCUT2D eigenvalue weighted by molar-refractivity contribution is 7.98. The first-order chi connectivity index (χ1) is 8.69. The van der Waals surface area contributed by atoms with Crippen LogP contribution in [0.1, 0.15) is 31.4 Å². The second-order valence-electron chi connectivity index (χ2n) is 4.27. The predicted molar refractivity (Wildman–Crippen MR) is 77.0 cm³/mol. The topological polar surface area (TPSA) is 21.3 Å². The Morgan fingerprint density at radius 1 is 1.39 bits per heavy atom. The van der Waals surface area contributed by atoms with Crippen molar-refractivity contribution in [3.05, 3.63) is 29.6 Å². The lowest BCUT2D eigenvalue weighted by atomic mass is 10.1. The normalized spacial score (nSPS) is 12.4. The molecule has 0 radical (unpaired) electrons. The molecule has 0 fully saturated rings. The average molecular weight is 271 g/mol. The molecule has 1 unspecified atom stereocenters. The van der Waals surface area contributed by atoms with Crippen molar-refractivity contribution in [3.63, 3.8) is 0 Å². The Balaban J connectivity index is 2.43. The third kappa shape index (κ3) is 4.86. The summed E-state index contributed by atoms with van der Waals surface area (Å²) >= 11 is 1.88. The van der Waals surface area contributed by atoms with Crippen LogP contribution in [0.25, 0.3) is 0 Å². The van der Waals surface area contributed by atoms with E-state index in [9.17, 15) is 4.39 Å². The number of rotatable bonds is 8.